The number of carboxylic acids is 1. The summed E-state index contributed by atoms with van der Waals surface area (Å²) in [6.45, 7) is 0.267. The summed E-state index contributed by atoms with van der Waals surface area (Å²) >= 11 is 2.49. The van der Waals surface area contributed by atoms with Crippen molar-refractivity contribution in [2.75, 3.05) is 24.3 Å². The molecular formula is C19H20N7O5S2+. The van der Waals surface area contributed by atoms with Gasteiger partial charge in [0.05, 0.1) is 5.69 Å². The highest BCUT2D eigenvalue weighted by Gasteiger charge is 2.54. The Hall–Kier alpha value is -3.65. The molecule has 1 fully saturated rings. The predicted octanol–water partition coefficient (Wildman–Crippen LogP) is -0.616. The summed E-state index contributed by atoms with van der Waals surface area (Å²) in [4.78, 5) is 47.7. The van der Waals surface area contributed by atoms with Crippen LogP contribution in [-0.4, -0.2) is 62.8 Å². The van der Waals surface area contributed by atoms with Gasteiger partial charge in [-0.3, -0.25) is 14.5 Å². The Labute approximate surface area is 195 Å². The number of thiazole rings is 1. The lowest BCUT2D eigenvalue weighted by atomic mass is 10.0. The number of fused-ring (bicyclic) bond motifs is 1. The molecule has 2 atom stereocenters. The van der Waals surface area contributed by atoms with Crippen LogP contribution < -0.4 is 21.4 Å². The summed E-state index contributed by atoms with van der Waals surface area (Å²) in [5, 5.41) is 17.4. The Bertz CT molecular complexity index is 1190. The van der Waals surface area contributed by atoms with Crippen LogP contribution in [0.3, 0.4) is 0 Å². The zero-order chi connectivity index (χ0) is 23.7. The molecule has 0 saturated carbocycles. The zero-order valence-electron chi connectivity index (χ0n) is 17.3. The third-order valence-electron chi connectivity index (χ3n) is 4.95. The van der Waals surface area contributed by atoms with Crippen LogP contribution in [0.25, 0.3) is 0 Å². The Balaban J connectivity index is 1.54. The van der Waals surface area contributed by atoms with Crippen LogP contribution in [0.2, 0.25) is 0 Å². The van der Waals surface area contributed by atoms with Crippen LogP contribution in [0.15, 0.2) is 46.3 Å². The Morgan fingerprint density at radius 2 is 2.24 bits per heavy atom. The monoisotopic (exact) mass is 490 g/mol. The minimum Gasteiger partial charge on any atom is -0.477 e. The zero-order valence-corrected chi connectivity index (χ0v) is 18.9. The number of anilines is 2. The van der Waals surface area contributed by atoms with E-state index in [0.717, 1.165) is 11.3 Å². The Kier molecular flexibility index (Phi) is 6.20. The number of β-lactam (4-membered cyclic amide) rings is 1. The highest BCUT2D eigenvalue weighted by molar-refractivity contribution is 8.00. The maximum absolute atomic E-state index is 12.9. The van der Waals surface area contributed by atoms with Gasteiger partial charge in [0.2, 0.25) is 0 Å². The third kappa shape index (κ3) is 4.34. The number of carboxylic acid groups (broad SMARTS) is 1. The second-order valence-electron chi connectivity index (χ2n) is 7.12. The number of nitrogen functional groups attached to an aromatic ring is 2. The summed E-state index contributed by atoms with van der Waals surface area (Å²) < 4.78 is 1.76. The number of carbonyl (C=O) groups excluding carboxylic acids is 2. The number of nitrogens with one attached hydrogen (secondary N) is 1. The van der Waals surface area contributed by atoms with Crippen LogP contribution in [0.5, 0.6) is 0 Å². The van der Waals surface area contributed by atoms with Gasteiger partial charge in [-0.05, 0) is 6.07 Å². The summed E-state index contributed by atoms with van der Waals surface area (Å²) in [5.74, 6) is -2.05. The number of nitrogens with two attached hydrogens (primary N) is 2. The molecule has 0 aromatic carbocycles. The normalized spacial score (nSPS) is 20.2. The smallest absolute Gasteiger partial charge is 0.352 e. The molecule has 2 aliphatic rings. The van der Waals surface area contributed by atoms with Gasteiger partial charge in [0.15, 0.2) is 29.8 Å². The standard InChI is InChI=1S/C19H19N7O5S2/c1-31-24-12(11-8-33-19(21)22-11)15(27)23-13-16(28)26-14(18(29)30)9(7-32-17(13)26)5-25-4-2-3-10(20)6-25/h2-4,6,8,13,17H,5,7,20H2,1H3,(H3-,21,22,23,27,29,30)/p+1/b24-12+/t13?,17-/m1/s1. The fraction of sp³-hybridized carbons (Fsp3) is 0.263. The van der Waals surface area contributed by atoms with E-state index in [9.17, 15) is 19.5 Å². The van der Waals surface area contributed by atoms with Gasteiger partial charge in [-0.2, -0.15) is 4.57 Å². The van der Waals surface area contributed by atoms with E-state index in [-0.39, 0.29) is 28.8 Å². The van der Waals surface area contributed by atoms with Crippen LogP contribution in [0.4, 0.5) is 10.8 Å². The average molecular weight is 491 g/mol. The highest BCUT2D eigenvalue weighted by atomic mass is 32.2. The minimum atomic E-state index is -1.21. The second-order valence-corrected chi connectivity index (χ2v) is 9.12. The molecule has 2 aromatic heterocycles. The van der Waals surface area contributed by atoms with Crippen molar-refractivity contribution in [3.05, 3.63) is 46.9 Å². The number of amides is 2. The molecule has 14 heteroatoms. The number of hydrogen-bond donors (Lipinski definition) is 4. The fourth-order valence-electron chi connectivity index (χ4n) is 3.57. The third-order valence-corrected chi connectivity index (χ3v) is 6.97. The van der Waals surface area contributed by atoms with Crippen LogP contribution in [0.1, 0.15) is 5.69 Å². The van der Waals surface area contributed by atoms with Gasteiger partial charge in [0, 0.05) is 22.8 Å². The van der Waals surface area contributed by atoms with Gasteiger partial charge in [-0.1, -0.05) is 5.16 Å². The average Bonchev–Trinajstić information content (AvgIpc) is 3.21. The molecule has 0 radical (unpaired) electrons. The fourth-order valence-corrected chi connectivity index (χ4v) is 5.45. The van der Waals surface area contributed by atoms with E-state index in [1.165, 1.54) is 23.8 Å². The molecule has 4 rings (SSSR count). The summed E-state index contributed by atoms with van der Waals surface area (Å²) in [7, 11) is 1.28. The number of carbonyl (C=O) groups is 3. The van der Waals surface area contributed by atoms with Crippen LogP contribution >= 0.6 is 23.1 Å². The number of pyridine rings is 1. The van der Waals surface area contributed by atoms with Gasteiger partial charge in [-0.25, -0.2) is 9.78 Å². The van der Waals surface area contributed by atoms with E-state index < -0.39 is 29.2 Å². The van der Waals surface area contributed by atoms with E-state index in [1.54, 1.807) is 34.5 Å². The van der Waals surface area contributed by atoms with Crippen molar-refractivity contribution in [3.63, 3.8) is 0 Å². The first-order valence-electron chi connectivity index (χ1n) is 9.58. The topological polar surface area (TPSA) is 177 Å². The largest absolute Gasteiger partial charge is 0.477 e. The molecule has 1 saturated heterocycles. The summed E-state index contributed by atoms with van der Waals surface area (Å²) in [5.41, 5.74) is 12.5. The molecule has 1 unspecified atom stereocenters. The number of aliphatic carboxylic acids is 1. The molecule has 2 amide bonds. The van der Waals surface area contributed by atoms with E-state index in [0.29, 0.717) is 17.0 Å². The molecule has 172 valence electrons. The lowest BCUT2D eigenvalue weighted by molar-refractivity contribution is -0.688. The maximum Gasteiger partial charge on any atom is 0.352 e. The van der Waals surface area contributed by atoms with E-state index in [2.05, 4.69) is 15.5 Å². The first-order chi connectivity index (χ1) is 15.8. The molecule has 2 aromatic rings. The number of rotatable bonds is 7. The van der Waals surface area contributed by atoms with E-state index in [4.69, 9.17) is 16.3 Å². The van der Waals surface area contributed by atoms with Crippen molar-refractivity contribution in [3.8, 4) is 0 Å². The SMILES string of the molecule is CO/N=C(/C(=O)NC1C(=O)N2C(C(=O)O)=C(C[n+]3cccc(N)c3)CS[C@H]12)c1csc(N)n1. The minimum absolute atomic E-state index is 0.0813. The lowest BCUT2D eigenvalue weighted by Gasteiger charge is -2.49. The number of hydrogen-bond acceptors (Lipinski definition) is 10. The number of oxime groups is 1. The predicted molar refractivity (Wildman–Crippen MR) is 121 cm³/mol. The molecule has 12 nitrogen and oxygen atoms in total. The van der Waals surface area contributed by atoms with Crippen molar-refractivity contribution in [1.29, 1.82) is 0 Å². The van der Waals surface area contributed by atoms with Gasteiger partial charge >= 0.3 is 5.97 Å². The van der Waals surface area contributed by atoms with E-state index >= 15 is 0 Å². The molecule has 6 N–H and O–H groups in total. The Morgan fingerprint density at radius 1 is 1.45 bits per heavy atom. The lowest BCUT2D eigenvalue weighted by Crippen LogP contribution is -2.71. The molecule has 4 heterocycles. The van der Waals surface area contributed by atoms with Gasteiger partial charge in [0.25, 0.3) is 11.8 Å². The maximum atomic E-state index is 12.9. The molecule has 0 aliphatic carbocycles. The van der Waals surface area contributed by atoms with Crippen LogP contribution in [0, 0.1) is 0 Å². The summed E-state index contributed by atoms with van der Waals surface area (Å²) in [6, 6.07) is 2.56. The molecule has 33 heavy (non-hydrogen) atoms. The molecule has 0 bridgehead atoms. The van der Waals surface area contributed by atoms with Crippen molar-refractivity contribution in [2.24, 2.45) is 5.16 Å². The highest BCUT2D eigenvalue weighted by Crippen LogP contribution is 2.40. The van der Waals surface area contributed by atoms with Crippen molar-refractivity contribution in [2.45, 2.75) is 18.0 Å². The Morgan fingerprint density at radius 3 is 2.88 bits per heavy atom. The van der Waals surface area contributed by atoms with Crippen molar-refractivity contribution >= 4 is 57.4 Å². The second kappa shape index (κ2) is 9.07. The van der Waals surface area contributed by atoms with Crippen molar-refractivity contribution < 1.29 is 28.9 Å². The number of thioether (sulfide) groups is 1. The van der Waals surface area contributed by atoms with Gasteiger partial charge in [0.1, 0.15) is 29.9 Å². The molecule has 2 aliphatic heterocycles. The number of nitrogens with zero attached hydrogens (tertiary/aromatic N) is 4. The molecular weight excluding hydrogens is 470 g/mol. The number of aromatic nitrogens is 2. The first kappa shape index (κ1) is 22.5. The summed E-state index contributed by atoms with van der Waals surface area (Å²) in [6.07, 6.45) is 3.45. The molecule has 0 spiro atoms. The first-order valence-corrected chi connectivity index (χ1v) is 11.5. The quantitative estimate of drug-likeness (QED) is 0.170. The van der Waals surface area contributed by atoms with Crippen molar-refractivity contribution in [1.82, 2.24) is 15.2 Å². The van der Waals surface area contributed by atoms with Gasteiger partial charge < -0.3 is 26.7 Å². The van der Waals surface area contributed by atoms with E-state index in [1.807, 2.05) is 0 Å². The van der Waals surface area contributed by atoms with Gasteiger partial charge in [-0.15, -0.1) is 23.1 Å². The van der Waals surface area contributed by atoms with Crippen LogP contribution in [-0.2, 0) is 25.8 Å².